The van der Waals surface area contributed by atoms with E-state index in [1.165, 1.54) is 9.78 Å². The van der Waals surface area contributed by atoms with Crippen molar-refractivity contribution in [3.05, 3.63) is 58.3 Å². The molecule has 26 heavy (non-hydrogen) atoms. The van der Waals surface area contributed by atoms with Gasteiger partial charge in [0, 0.05) is 23.8 Å². The van der Waals surface area contributed by atoms with Gasteiger partial charge in [0.05, 0.1) is 26.1 Å². The summed E-state index contributed by atoms with van der Waals surface area (Å²) >= 11 is 1.66. The lowest BCUT2D eigenvalue weighted by Gasteiger charge is -2.29. The van der Waals surface area contributed by atoms with Gasteiger partial charge in [-0.05, 0) is 17.0 Å². The molecule has 3 N–H and O–H groups in total. The molecule has 3 rings (SSSR count). The van der Waals surface area contributed by atoms with Crippen molar-refractivity contribution in [1.29, 1.82) is 0 Å². The van der Waals surface area contributed by atoms with Crippen LogP contribution in [0.4, 0.5) is 0 Å². The lowest BCUT2D eigenvalue weighted by molar-refractivity contribution is -0.897. The van der Waals surface area contributed by atoms with Crippen LogP contribution in [0.2, 0.25) is 0 Å². The standard InChI is InChI=1S/C20H25N3O2S/c24-19(13-16-5-2-1-3-6-16)22-17-8-10-23(11-9-17)15-20(25)21-14-18-7-4-12-26-18/h1-7,12,17H,8-11,13-15H2,(H,21,25)(H,22,24)/p+1. The Morgan fingerprint density at radius 3 is 2.50 bits per heavy atom. The van der Waals surface area contributed by atoms with Crippen LogP contribution in [-0.4, -0.2) is 37.5 Å². The lowest BCUT2D eigenvalue weighted by atomic mass is 10.0. The van der Waals surface area contributed by atoms with E-state index in [9.17, 15) is 9.59 Å². The van der Waals surface area contributed by atoms with E-state index in [0.29, 0.717) is 19.5 Å². The van der Waals surface area contributed by atoms with E-state index in [1.54, 1.807) is 11.3 Å². The molecule has 1 aliphatic heterocycles. The number of benzene rings is 1. The van der Waals surface area contributed by atoms with Crippen LogP contribution in [0.25, 0.3) is 0 Å². The molecule has 1 aromatic carbocycles. The molecular weight excluding hydrogens is 346 g/mol. The van der Waals surface area contributed by atoms with E-state index in [0.717, 1.165) is 31.5 Å². The predicted octanol–water partition coefficient (Wildman–Crippen LogP) is 0.771. The molecule has 5 nitrogen and oxygen atoms in total. The van der Waals surface area contributed by atoms with E-state index in [4.69, 9.17) is 0 Å². The molecule has 6 heteroatoms. The van der Waals surface area contributed by atoms with Gasteiger partial charge >= 0.3 is 0 Å². The summed E-state index contributed by atoms with van der Waals surface area (Å²) < 4.78 is 0. The number of quaternary nitrogens is 1. The summed E-state index contributed by atoms with van der Waals surface area (Å²) in [6.07, 6.45) is 2.28. The number of hydrogen-bond acceptors (Lipinski definition) is 3. The van der Waals surface area contributed by atoms with Gasteiger partial charge in [0.15, 0.2) is 6.54 Å². The summed E-state index contributed by atoms with van der Waals surface area (Å²) in [7, 11) is 0. The van der Waals surface area contributed by atoms with Gasteiger partial charge < -0.3 is 15.5 Å². The number of hydrogen-bond donors (Lipinski definition) is 3. The molecule has 2 heterocycles. The summed E-state index contributed by atoms with van der Waals surface area (Å²) in [5, 5.41) is 8.13. The molecule has 0 radical (unpaired) electrons. The van der Waals surface area contributed by atoms with Crippen LogP contribution < -0.4 is 15.5 Å². The van der Waals surface area contributed by atoms with Crippen LogP contribution in [0, 0.1) is 0 Å². The number of rotatable bonds is 7. The topological polar surface area (TPSA) is 62.6 Å². The van der Waals surface area contributed by atoms with Crippen molar-refractivity contribution in [1.82, 2.24) is 10.6 Å². The number of carbonyl (C=O) groups excluding carboxylic acids is 2. The SMILES string of the molecule is O=C(C[NH+]1CCC(NC(=O)Cc2ccccc2)CC1)NCc1cccs1. The van der Waals surface area contributed by atoms with Gasteiger partial charge in [0.1, 0.15) is 0 Å². The van der Waals surface area contributed by atoms with Gasteiger partial charge in [0.2, 0.25) is 5.91 Å². The summed E-state index contributed by atoms with van der Waals surface area (Å²) in [6, 6.07) is 14.1. The van der Waals surface area contributed by atoms with Crippen LogP contribution in [-0.2, 0) is 22.6 Å². The van der Waals surface area contributed by atoms with Crippen molar-refractivity contribution in [2.75, 3.05) is 19.6 Å². The summed E-state index contributed by atoms with van der Waals surface area (Å²) in [4.78, 5) is 26.7. The quantitative estimate of drug-likeness (QED) is 0.672. The first-order chi connectivity index (χ1) is 12.7. The van der Waals surface area contributed by atoms with Crippen molar-refractivity contribution in [2.24, 2.45) is 0 Å². The van der Waals surface area contributed by atoms with Crippen molar-refractivity contribution in [3.63, 3.8) is 0 Å². The maximum absolute atomic E-state index is 12.2. The van der Waals surface area contributed by atoms with Gasteiger partial charge in [0.25, 0.3) is 5.91 Å². The Kier molecular flexibility index (Phi) is 6.80. The highest BCUT2D eigenvalue weighted by Gasteiger charge is 2.24. The minimum Gasteiger partial charge on any atom is -0.353 e. The zero-order valence-electron chi connectivity index (χ0n) is 14.9. The Morgan fingerprint density at radius 2 is 1.81 bits per heavy atom. The number of nitrogens with one attached hydrogen (secondary N) is 3. The van der Waals surface area contributed by atoms with E-state index >= 15 is 0 Å². The third-order valence-corrected chi connectivity index (χ3v) is 5.59. The van der Waals surface area contributed by atoms with Crippen molar-refractivity contribution in [2.45, 2.75) is 31.8 Å². The van der Waals surface area contributed by atoms with Crippen LogP contribution in [0.1, 0.15) is 23.3 Å². The van der Waals surface area contributed by atoms with Gasteiger partial charge in [-0.3, -0.25) is 9.59 Å². The Bertz CT molecular complexity index is 695. The first-order valence-corrected chi connectivity index (χ1v) is 10.0. The summed E-state index contributed by atoms with van der Waals surface area (Å²) in [5.41, 5.74) is 1.04. The second-order valence-corrected chi connectivity index (χ2v) is 7.82. The van der Waals surface area contributed by atoms with Crippen LogP contribution in [0.15, 0.2) is 47.8 Å². The maximum atomic E-state index is 12.2. The number of piperidine rings is 1. The zero-order valence-corrected chi connectivity index (χ0v) is 15.7. The number of carbonyl (C=O) groups is 2. The molecule has 1 aromatic heterocycles. The molecule has 0 spiro atoms. The highest BCUT2D eigenvalue weighted by atomic mass is 32.1. The van der Waals surface area contributed by atoms with Crippen molar-refractivity contribution in [3.8, 4) is 0 Å². The molecule has 0 saturated carbocycles. The Morgan fingerprint density at radius 1 is 1.04 bits per heavy atom. The van der Waals surface area contributed by atoms with Gasteiger partial charge in [-0.1, -0.05) is 36.4 Å². The second kappa shape index (κ2) is 9.50. The van der Waals surface area contributed by atoms with Crippen LogP contribution >= 0.6 is 11.3 Å². The molecule has 0 unspecified atom stereocenters. The molecule has 2 aromatic rings. The summed E-state index contributed by atoms with van der Waals surface area (Å²) in [5.74, 6) is 0.179. The first-order valence-electron chi connectivity index (χ1n) is 9.15. The highest BCUT2D eigenvalue weighted by molar-refractivity contribution is 7.09. The number of likely N-dealkylation sites (tertiary alicyclic amines) is 1. The Labute approximate surface area is 158 Å². The average molecular weight is 373 g/mol. The normalized spacial score (nSPS) is 19.7. The van der Waals surface area contributed by atoms with Crippen molar-refractivity contribution >= 4 is 23.2 Å². The zero-order chi connectivity index (χ0) is 18.2. The number of thiophene rings is 1. The predicted molar refractivity (Wildman–Crippen MR) is 103 cm³/mol. The van der Waals surface area contributed by atoms with Crippen molar-refractivity contribution < 1.29 is 14.5 Å². The van der Waals surface area contributed by atoms with Gasteiger partial charge in [-0.15, -0.1) is 11.3 Å². The van der Waals surface area contributed by atoms with Gasteiger partial charge in [-0.2, -0.15) is 0 Å². The highest BCUT2D eigenvalue weighted by Crippen LogP contribution is 2.07. The minimum absolute atomic E-state index is 0.0818. The monoisotopic (exact) mass is 372 g/mol. The molecule has 1 saturated heterocycles. The molecule has 2 amide bonds. The second-order valence-electron chi connectivity index (χ2n) is 6.79. The van der Waals surface area contributed by atoms with E-state index in [-0.39, 0.29) is 17.9 Å². The third-order valence-electron chi connectivity index (χ3n) is 4.72. The molecule has 1 aliphatic rings. The fourth-order valence-corrected chi connectivity index (χ4v) is 3.94. The molecule has 0 atom stereocenters. The van der Waals surface area contributed by atoms with E-state index in [1.807, 2.05) is 47.8 Å². The maximum Gasteiger partial charge on any atom is 0.275 e. The molecule has 138 valence electrons. The molecule has 0 bridgehead atoms. The van der Waals surface area contributed by atoms with E-state index < -0.39 is 0 Å². The molecule has 1 fully saturated rings. The number of amides is 2. The van der Waals surface area contributed by atoms with Crippen LogP contribution in [0.5, 0.6) is 0 Å². The smallest absolute Gasteiger partial charge is 0.275 e. The minimum atomic E-state index is 0.0818. The Balaban J connectivity index is 1.33. The largest absolute Gasteiger partial charge is 0.353 e. The fraction of sp³-hybridized carbons (Fsp3) is 0.400. The molecule has 0 aliphatic carbocycles. The van der Waals surface area contributed by atoms with Crippen LogP contribution in [0.3, 0.4) is 0 Å². The lowest BCUT2D eigenvalue weighted by Crippen LogP contribution is -3.14. The average Bonchev–Trinajstić information content (AvgIpc) is 3.16. The Hall–Kier alpha value is -2.18. The fourth-order valence-electron chi connectivity index (χ4n) is 3.30. The molecular formula is C20H26N3O2S+. The summed E-state index contributed by atoms with van der Waals surface area (Å²) in [6.45, 7) is 2.96. The first kappa shape index (κ1) is 18.6. The third kappa shape index (κ3) is 5.97. The van der Waals surface area contributed by atoms with Gasteiger partial charge in [-0.25, -0.2) is 0 Å². The van der Waals surface area contributed by atoms with E-state index in [2.05, 4.69) is 10.6 Å².